The molecule has 122 valence electrons. The van der Waals surface area contributed by atoms with E-state index < -0.39 is 0 Å². The molecule has 0 aliphatic carbocycles. The molecule has 0 radical (unpaired) electrons. The molecular formula is C17H20ClN3O2. The van der Waals surface area contributed by atoms with E-state index in [1.165, 1.54) is 19.4 Å². The van der Waals surface area contributed by atoms with E-state index in [9.17, 15) is 0 Å². The molecule has 0 spiro atoms. The second kappa shape index (κ2) is 6.06. The van der Waals surface area contributed by atoms with Crippen molar-refractivity contribution in [1.29, 1.82) is 0 Å². The number of likely N-dealkylation sites (tertiary alicyclic amines) is 1. The molecule has 23 heavy (non-hydrogen) atoms. The van der Waals surface area contributed by atoms with Gasteiger partial charge in [0, 0.05) is 36.6 Å². The van der Waals surface area contributed by atoms with Crippen LogP contribution in [0.3, 0.4) is 0 Å². The number of halogens is 1. The molecule has 1 atom stereocenters. The summed E-state index contributed by atoms with van der Waals surface area (Å²) >= 11 is 6.42. The number of ether oxygens (including phenoxy) is 2. The zero-order valence-electron chi connectivity index (χ0n) is 13.2. The first-order valence-electron chi connectivity index (χ1n) is 8.03. The van der Waals surface area contributed by atoms with Crippen molar-refractivity contribution < 1.29 is 9.47 Å². The van der Waals surface area contributed by atoms with E-state index in [0.717, 1.165) is 30.1 Å². The number of rotatable bonds is 4. The van der Waals surface area contributed by atoms with Crippen molar-refractivity contribution in [2.45, 2.75) is 31.8 Å². The summed E-state index contributed by atoms with van der Waals surface area (Å²) in [6.45, 7) is 2.39. The Morgan fingerprint density at radius 3 is 2.91 bits per heavy atom. The molecule has 6 heteroatoms. The van der Waals surface area contributed by atoms with Crippen LogP contribution in [0, 0.1) is 0 Å². The van der Waals surface area contributed by atoms with Gasteiger partial charge >= 0.3 is 0 Å². The van der Waals surface area contributed by atoms with Crippen LogP contribution in [-0.2, 0) is 6.54 Å². The highest BCUT2D eigenvalue weighted by atomic mass is 35.5. The van der Waals surface area contributed by atoms with Crippen LogP contribution in [-0.4, -0.2) is 40.9 Å². The molecule has 1 fully saturated rings. The van der Waals surface area contributed by atoms with Gasteiger partial charge in [0.2, 0.25) is 6.79 Å². The summed E-state index contributed by atoms with van der Waals surface area (Å²) in [6.07, 6.45) is 7.55. The SMILES string of the molecule is CN1CCC[C@@H]1CCn1ccnc1-c1cc2c(cc1Cl)OCO2. The van der Waals surface area contributed by atoms with E-state index in [1.54, 1.807) is 0 Å². The predicted molar refractivity (Wildman–Crippen MR) is 89.1 cm³/mol. The van der Waals surface area contributed by atoms with Crippen molar-refractivity contribution in [2.24, 2.45) is 0 Å². The van der Waals surface area contributed by atoms with Crippen molar-refractivity contribution in [3.63, 3.8) is 0 Å². The summed E-state index contributed by atoms with van der Waals surface area (Å²) in [7, 11) is 2.21. The van der Waals surface area contributed by atoms with Crippen molar-refractivity contribution in [3.8, 4) is 22.9 Å². The number of hydrogen-bond acceptors (Lipinski definition) is 4. The zero-order valence-corrected chi connectivity index (χ0v) is 13.9. The molecule has 2 aromatic rings. The van der Waals surface area contributed by atoms with Gasteiger partial charge in [0.15, 0.2) is 11.5 Å². The van der Waals surface area contributed by atoms with E-state index in [-0.39, 0.29) is 6.79 Å². The average molecular weight is 334 g/mol. The molecule has 2 aliphatic heterocycles. The third-order valence-electron chi connectivity index (χ3n) is 4.79. The first-order chi connectivity index (χ1) is 11.2. The molecule has 0 bridgehead atoms. The van der Waals surface area contributed by atoms with Gasteiger partial charge in [-0.05, 0) is 38.9 Å². The lowest BCUT2D eigenvalue weighted by Gasteiger charge is -2.20. The Bertz CT molecular complexity index is 716. The lowest BCUT2D eigenvalue weighted by Crippen LogP contribution is -2.26. The number of aryl methyl sites for hydroxylation is 1. The first-order valence-corrected chi connectivity index (χ1v) is 8.41. The second-order valence-corrected chi connectivity index (χ2v) is 6.60. The van der Waals surface area contributed by atoms with Crippen molar-refractivity contribution >= 4 is 11.6 Å². The summed E-state index contributed by atoms with van der Waals surface area (Å²) < 4.78 is 13.0. The van der Waals surface area contributed by atoms with Gasteiger partial charge in [0.05, 0.1) is 5.02 Å². The van der Waals surface area contributed by atoms with Gasteiger partial charge in [0.25, 0.3) is 0 Å². The number of nitrogens with zero attached hydrogens (tertiary/aromatic N) is 3. The van der Waals surface area contributed by atoms with E-state index in [1.807, 2.05) is 24.5 Å². The summed E-state index contributed by atoms with van der Waals surface area (Å²) in [5, 5.41) is 0.639. The largest absolute Gasteiger partial charge is 0.454 e. The van der Waals surface area contributed by atoms with Crippen LogP contribution in [0.2, 0.25) is 5.02 Å². The minimum absolute atomic E-state index is 0.248. The Balaban J connectivity index is 1.57. The fourth-order valence-electron chi connectivity index (χ4n) is 3.45. The van der Waals surface area contributed by atoms with Crippen LogP contribution in [0.25, 0.3) is 11.4 Å². The highest BCUT2D eigenvalue weighted by Crippen LogP contribution is 2.40. The number of hydrogen-bond donors (Lipinski definition) is 0. The quantitative estimate of drug-likeness (QED) is 0.859. The molecule has 0 saturated carbocycles. The van der Waals surface area contributed by atoms with Crippen molar-refractivity contribution in [3.05, 3.63) is 29.5 Å². The second-order valence-electron chi connectivity index (χ2n) is 6.19. The van der Waals surface area contributed by atoms with Gasteiger partial charge in [-0.2, -0.15) is 0 Å². The molecule has 1 aromatic heterocycles. The van der Waals surface area contributed by atoms with E-state index in [2.05, 4.69) is 21.5 Å². The molecule has 0 amide bonds. The van der Waals surface area contributed by atoms with E-state index in [0.29, 0.717) is 16.8 Å². The minimum Gasteiger partial charge on any atom is -0.454 e. The topological polar surface area (TPSA) is 39.5 Å². The average Bonchev–Trinajstić information content (AvgIpc) is 3.24. The lowest BCUT2D eigenvalue weighted by atomic mass is 10.1. The van der Waals surface area contributed by atoms with Crippen LogP contribution in [0.1, 0.15) is 19.3 Å². The molecular weight excluding hydrogens is 314 g/mol. The number of imidazole rings is 1. The summed E-state index contributed by atoms with van der Waals surface area (Å²) in [5.74, 6) is 2.31. The number of benzene rings is 1. The molecule has 5 nitrogen and oxygen atoms in total. The van der Waals surface area contributed by atoms with Gasteiger partial charge in [-0.1, -0.05) is 11.6 Å². The number of aromatic nitrogens is 2. The third-order valence-corrected chi connectivity index (χ3v) is 5.11. The molecule has 0 N–H and O–H groups in total. The maximum Gasteiger partial charge on any atom is 0.231 e. The van der Waals surface area contributed by atoms with Crippen molar-refractivity contribution in [1.82, 2.24) is 14.5 Å². The maximum absolute atomic E-state index is 6.42. The molecule has 1 aromatic carbocycles. The number of fused-ring (bicyclic) bond motifs is 1. The van der Waals surface area contributed by atoms with Gasteiger partial charge < -0.3 is 18.9 Å². The van der Waals surface area contributed by atoms with Crippen LogP contribution in [0.5, 0.6) is 11.5 Å². The van der Waals surface area contributed by atoms with Gasteiger partial charge in [-0.25, -0.2) is 4.98 Å². The smallest absolute Gasteiger partial charge is 0.231 e. The highest BCUT2D eigenvalue weighted by Gasteiger charge is 2.22. The lowest BCUT2D eigenvalue weighted by molar-refractivity contribution is 0.174. The normalized spacial score (nSPS) is 20.3. The first kappa shape index (κ1) is 14.8. The van der Waals surface area contributed by atoms with Crippen molar-refractivity contribution in [2.75, 3.05) is 20.4 Å². The monoisotopic (exact) mass is 333 g/mol. The fraction of sp³-hybridized carbons (Fsp3) is 0.471. The third kappa shape index (κ3) is 2.79. The predicted octanol–water partition coefficient (Wildman–Crippen LogP) is 3.42. The van der Waals surface area contributed by atoms with Crippen LogP contribution >= 0.6 is 11.6 Å². The van der Waals surface area contributed by atoms with Crippen LogP contribution in [0.4, 0.5) is 0 Å². The maximum atomic E-state index is 6.42. The molecule has 1 saturated heterocycles. The summed E-state index contributed by atoms with van der Waals surface area (Å²) in [4.78, 5) is 6.95. The zero-order chi connectivity index (χ0) is 15.8. The van der Waals surface area contributed by atoms with Crippen LogP contribution in [0.15, 0.2) is 24.5 Å². The van der Waals surface area contributed by atoms with Crippen LogP contribution < -0.4 is 9.47 Å². The fourth-order valence-corrected chi connectivity index (χ4v) is 3.69. The van der Waals surface area contributed by atoms with Gasteiger partial charge in [-0.3, -0.25) is 0 Å². The minimum atomic E-state index is 0.248. The van der Waals surface area contributed by atoms with Gasteiger partial charge in [0.1, 0.15) is 5.82 Å². The Hall–Kier alpha value is -1.72. The molecule has 0 unspecified atom stereocenters. The highest BCUT2D eigenvalue weighted by molar-refractivity contribution is 6.33. The van der Waals surface area contributed by atoms with E-state index >= 15 is 0 Å². The Labute approximate surface area is 140 Å². The summed E-state index contributed by atoms with van der Waals surface area (Å²) in [6, 6.07) is 4.39. The standard InChI is InChI=1S/C17H20ClN3O2/c1-20-6-2-3-12(20)4-7-21-8-5-19-17(21)13-9-15-16(10-14(13)18)23-11-22-15/h5,8-10,12H,2-4,6-7,11H2,1H3/t12-/m1/s1. The Kier molecular flexibility index (Phi) is 3.91. The molecule has 3 heterocycles. The Morgan fingerprint density at radius 2 is 2.13 bits per heavy atom. The molecule has 4 rings (SSSR count). The Morgan fingerprint density at radius 1 is 1.30 bits per heavy atom. The van der Waals surface area contributed by atoms with Gasteiger partial charge in [-0.15, -0.1) is 0 Å². The summed E-state index contributed by atoms with van der Waals surface area (Å²) in [5.41, 5.74) is 0.890. The molecule has 2 aliphatic rings. The van der Waals surface area contributed by atoms with E-state index in [4.69, 9.17) is 21.1 Å².